The first kappa shape index (κ1) is 10.6. The van der Waals surface area contributed by atoms with E-state index < -0.39 is 5.60 Å². The third-order valence-corrected chi connectivity index (χ3v) is 2.92. The van der Waals surface area contributed by atoms with Crippen LogP contribution in [-0.4, -0.2) is 27.4 Å². The van der Waals surface area contributed by atoms with E-state index >= 15 is 0 Å². The quantitative estimate of drug-likeness (QED) is 0.822. The number of nitrogens with zero attached hydrogens (tertiary/aromatic N) is 2. The highest BCUT2D eigenvalue weighted by molar-refractivity contribution is 6.29. The first-order chi connectivity index (χ1) is 7.08. The molecule has 2 rings (SSSR count). The van der Waals surface area contributed by atoms with Crippen molar-refractivity contribution >= 4 is 17.4 Å². The van der Waals surface area contributed by atoms with E-state index in [1.165, 1.54) is 0 Å². The second kappa shape index (κ2) is 3.94. The lowest BCUT2D eigenvalue weighted by Gasteiger charge is -2.23. The predicted octanol–water partition coefficient (Wildman–Crippen LogP) is 1.70. The zero-order valence-electron chi connectivity index (χ0n) is 8.57. The van der Waals surface area contributed by atoms with Gasteiger partial charge >= 0.3 is 0 Å². The number of hydrogen-bond acceptors (Lipinski definition) is 4. The maximum absolute atomic E-state index is 10.0. The Balaban J connectivity index is 1.89. The van der Waals surface area contributed by atoms with Gasteiger partial charge in [0.05, 0.1) is 5.60 Å². The second-order valence-corrected chi connectivity index (χ2v) is 4.61. The Morgan fingerprint density at radius 2 is 2.27 bits per heavy atom. The monoisotopic (exact) mass is 227 g/mol. The van der Waals surface area contributed by atoms with Crippen LogP contribution in [0.1, 0.15) is 19.8 Å². The molecule has 0 aromatic carbocycles. The standard InChI is InChI=1S/C10H14ClN3O/c1-10(15,7-2-3-7)6-12-9-5-4-8(11)13-14-9/h4-5,7,15H,2-3,6H2,1H3,(H,12,14). The molecule has 1 heterocycles. The molecular weight excluding hydrogens is 214 g/mol. The third kappa shape index (κ3) is 2.79. The summed E-state index contributed by atoms with van der Waals surface area (Å²) in [7, 11) is 0. The normalized spacial score (nSPS) is 19.7. The lowest BCUT2D eigenvalue weighted by molar-refractivity contribution is 0.0502. The van der Waals surface area contributed by atoms with Crippen molar-refractivity contribution < 1.29 is 5.11 Å². The van der Waals surface area contributed by atoms with Crippen LogP contribution < -0.4 is 5.32 Å². The van der Waals surface area contributed by atoms with E-state index in [0.717, 1.165) is 12.8 Å². The van der Waals surface area contributed by atoms with Gasteiger partial charge in [0, 0.05) is 6.54 Å². The molecule has 0 radical (unpaired) electrons. The van der Waals surface area contributed by atoms with E-state index in [0.29, 0.717) is 23.4 Å². The lowest BCUT2D eigenvalue weighted by atomic mass is 10.0. The van der Waals surface area contributed by atoms with E-state index in [9.17, 15) is 5.11 Å². The minimum atomic E-state index is -0.651. The molecule has 1 saturated carbocycles. The first-order valence-corrected chi connectivity index (χ1v) is 5.41. The fourth-order valence-corrected chi connectivity index (χ4v) is 1.63. The summed E-state index contributed by atoms with van der Waals surface area (Å²) in [5, 5.41) is 21.0. The van der Waals surface area contributed by atoms with Gasteiger partial charge in [-0.3, -0.25) is 0 Å². The van der Waals surface area contributed by atoms with E-state index in [-0.39, 0.29) is 0 Å². The molecule has 2 N–H and O–H groups in total. The maximum atomic E-state index is 10.0. The van der Waals surface area contributed by atoms with Crippen molar-refractivity contribution in [2.75, 3.05) is 11.9 Å². The third-order valence-electron chi connectivity index (χ3n) is 2.72. The Morgan fingerprint density at radius 3 is 2.80 bits per heavy atom. The van der Waals surface area contributed by atoms with E-state index in [1.54, 1.807) is 12.1 Å². The molecule has 82 valence electrons. The van der Waals surface area contributed by atoms with Crippen LogP contribution in [0.25, 0.3) is 0 Å². The summed E-state index contributed by atoms with van der Waals surface area (Å²) in [5.74, 6) is 1.06. The second-order valence-electron chi connectivity index (χ2n) is 4.23. The topological polar surface area (TPSA) is 58.0 Å². The number of nitrogens with one attached hydrogen (secondary N) is 1. The molecule has 5 heteroatoms. The lowest BCUT2D eigenvalue weighted by Crippen LogP contribution is -2.35. The zero-order valence-corrected chi connectivity index (χ0v) is 9.33. The molecule has 0 spiro atoms. The van der Waals surface area contributed by atoms with Gasteiger partial charge in [-0.2, -0.15) is 0 Å². The average Bonchev–Trinajstić information content (AvgIpc) is 3.00. The van der Waals surface area contributed by atoms with Crippen molar-refractivity contribution in [3.63, 3.8) is 0 Å². The number of halogens is 1. The van der Waals surface area contributed by atoms with E-state index in [2.05, 4.69) is 15.5 Å². The average molecular weight is 228 g/mol. The Hall–Kier alpha value is -0.870. The van der Waals surface area contributed by atoms with Crippen LogP contribution in [0.15, 0.2) is 12.1 Å². The fraction of sp³-hybridized carbons (Fsp3) is 0.600. The molecule has 0 aliphatic heterocycles. The Bertz CT molecular complexity index is 335. The van der Waals surface area contributed by atoms with Gasteiger partial charge in [-0.1, -0.05) is 11.6 Å². The summed E-state index contributed by atoms with van der Waals surface area (Å²) in [6.07, 6.45) is 2.22. The molecule has 4 nitrogen and oxygen atoms in total. The van der Waals surface area contributed by atoms with Crippen molar-refractivity contribution in [2.45, 2.75) is 25.4 Å². The predicted molar refractivity (Wildman–Crippen MR) is 58.9 cm³/mol. The molecule has 0 bridgehead atoms. The molecule has 1 fully saturated rings. The number of anilines is 1. The van der Waals surface area contributed by atoms with Gasteiger partial charge in [0.25, 0.3) is 0 Å². The van der Waals surface area contributed by atoms with Crippen LogP contribution in [0.5, 0.6) is 0 Å². The Kier molecular flexibility index (Phi) is 2.80. The highest BCUT2D eigenvalue weighted by Gasteiger charge is 2.39. The van der Waals surface area contributed by atoms with Gasteiger partial charge in [0.1, 0.15) is 5.82 Å². The minimum absolute atomic E-state index is 0.370. The van der Waals surface area contributed by atoms with Crippen molar-refractivity contribution in [1.82, 2.24) is 10.2 Å². The zero-order chi connectivity index (χ0) is 10.9. The van der Waals surface area contributed by atoms with Crippen LogP contribution in [0.3, 0.4) is 0 Å². The van der Waals surface area contributed by atoms with Crippen molar-refractivity contribution in [3.05, 3.63) is 17.3 Å². The van der Waals surface area contributed by atoms with E-state index in [4.69, 9.17) is 11.6 Å². The van der Waals surface area contributed by atoms with Crippen LogP contribution in [0, 0.1) is 5.92 Å². The molecule has 1 atom stereocenters. The highest BCUT2D eigenvalue weighted by Crippen LogP contribution is 2.39. The van der Waals surface area contributed by atoms with Gasteiger partial charge in [-0.15, -0.1) is 10.2 Å². The summed E-state index contributed by atoms with van der Waals surface area (Å²) in [6.45, 7) is 2.34. The molecule has 1 unspecified atom stereocenters. The number of hydrogen-bond donors (Lipinski definition) is 2. The fourth-order valence-electron chi connectivity index (χ4n) is 1.53. The molecule has 0 amide bonds. The van der Waals surface area contributed by atoms with Crippen molar-refractivity contribution in [3.8, 4) is 0 Å². The molecule has 1 aromatic heterocycles. The first-order valence-electron chi connectivity index (χ1n) is 5.03. The molecular formula is C10H14ClN3O. The molecule has 1 aromatic rings. The van der Waals surface area contributed by atoms with Gasteiger partial charge in [0.2, 0.25) is 0 Å². The molecule has 15 heavy (non-hydrogen) atoms. The largest absolute Gasteiger partial charge is 0.388 e. The maximum Gasteiger partial charge on any atom is 0.151 e. The van der Waals surface area contributed by atoms with Crippen LogP contribution in [0.2, 0.25) is 5.15 Å². The summed E-state index contributed by atoms with van der Waals surface area (Å²) < 4.78 is 0. The van der Waals surface area contributed by atoms with Gasteiger partial charge in [0.15, 0.2) is 5.15 Å². The highest BCUT2D eigenvalue weighted by atomic mass is 35.5. The van der Waals surface area contributed by atoms with Gasteiger partial charge in [-0.25, -0.2) is 0 Å². The molecule has 1 aliphatic carbocycles. The van der Waals surface area contributed by atoms with Gasteiger partial charge < -0.3 is 10.4 Å². The summed E-state index contributed by atoms with van der Waals surface area (Å²) in [6, 6.07) is 3.42. The van der Waals surface area contributed by atoms with Gasteiger partial charge in [-0.05, 0) is 37.8 Å². The van der Waals surface area contributed by atoms with Crippen LogP contribution >= 0.6 is 11.6 Å². The smallest absolute Gasteiger partial charge is 0.151 e. The van der Waals surface area contributed by atoms with Crippen molar-refractivity contribution in [1.29, 1.82) is 0 Å². The minimum Gasteiger partial charge on any atom is -0.388 e. The Labute approximate surface area is 93.7 Å². The number of aliphatic hydroxyl groups is 1. The summed E-state index contributed by atoms with van der Waals surface area (Å²) in [4.78, 5) is 0. The molecule has 1 aliphatic rings. The molecule has 0 saturated heterocycles. The number of aromatic nitrogens is 2. The van der Waals surface area contributed by atoms with Crippen LogP contribution in [0.4, 0.5) is 5.82 Å². The SMILES string of the molecule is CC(O)(CNc1ccc(Cl)nn1)C1CC1. The summed E-state index contributed by atoms with van der Waals surface area (Å²) >= 11 is 5.61. The summed E-state index contributed by atoms with van der Waals surface area (Å²) in [5.41, 5.74) is -0.651. The van der Waals surface area contributed by atoms with Crippen molar-refractivity contribution in [2.24, 2.45) is 5.92 Å². The van der Waals surface area contributed by atoms with E-state index in [1.807, 2.05) is 6.92 Å². The number of rotatable bonds is 4. The Morgan fingerprint density at radius 1 is 1.53 bits per heavy atom. The van der Waals surface area contributed by atoms with Crippen LogP contribution in [-0.2, 0) is 0 Å².